The van der Waals surface area contributed by atoms with Gasteiger partial charge in [0.25, 0.3) is 0 Å². The quantitative estimate of drug-likeness (QED) is 0.721. The SMILES string of the molecule is Cc1cc(NCc2cccnn2)cc(C(=O)O)c1N. The van der Waals surface area contributed by atoms with Crippen molar-refractivity contribution in [2.75, 3.05) is 11.1 Å². The van der Waals surface area contributed by atoms with E-state index in [4.69, 9.17) is 10.8 Å². The van der Waals surface area contributed by atoms with Gasteiger partial charge in [-0.1, -0.05) is 0 Å². The van der Waals surface area contributed by atoms with E-state index in [1.54, 1.807) is 25.3 Å². The number of nitrogen functional groups attached to an aromatic ring is 1. The summed E-state index contributed by atoms with van der Waals surface area (Å²) >= 11 is 0. The molecule has 0 aliphatic heterocycles. The Kier molecular flexibility index (Phi) is 3.61. The third-order valence-electron chi connectivity index (χ3n) is 2.72. The first-order chi connectivity index (χ1) is 9.08. The average molecular weight is 258 g/mol. The lowest BCUT2D eigenvalue weighted by Crippen LogP contribution is -2.07. The van der Waals surface area contributed by atoms with Gasteiger partial charge in [-0.2, -0.15) is 10.2 Å². The maximum Gasteiger partial charge on any atom is 0.337 e. The molecule has 19 heavy (non-hydrogen) atoms. The maximum absolute atomic E-state index is 11.1. The first-order valence-electron chi connectivity index (χ1n) is 5.72. The number of anilines is 2. The van der Waals surface area contributed by atoms with E-state index in [-0.39, 0.29) is 11.3 Å². The van der Waals surface area contributed by atoms with E-state index < -0.39 is 5.97 Å². The summed E-state index contributed by atoms with van der Waals surface area (Å²) in [6.45, 7) is 2.24. The Hall–Kier alpha value is -2.63. The molecule has 2 aromatic rings. The second-order valence-electron chi connectivity index (χ2n) is 4.13. The van der Waals surface area contributed by atoms with Gasteiger partial charge in [-0.15, -0.1) is 0 Å². The fourth-order valence-corrected chi connectivity index (χ4v) is 1.70. The number of hydrogen-bond acceptors (Lipinski definition) is 5. The van der Waals surface area contributed by atoms with Crippen LogP contribution in [0.4, 0.5) is 11.4 Å². The molecule has 1 aromatic heterocycles. The highest BCUT2D eigenvalue weighted by atomic mass is 16.4. The van der Waals surface area contributed by atoms with E-state index in [9.17, 15) is 4.79 Å². The molecule has 0 saturated carbocycles. The summed E-state index contributed by atoms with van der Waals surface area (Å²) in [7, 11) is 0. The summed E-state index contributed by atoms with van der Waals surface area (Å²) < 4.78 is 0. The van der Waals surface area contributed by atoms with Crippen molar-refractivity contribution in [1.82, 2.24) is 10.2 Å². The molecule has 0 bridgehead atoms. The lowest BCUT2D eigenvalue weighted by atomic mass is 10.1. The Bertz CT molecular complexity index is 599. The Morgan fingerprint density at radius 2 is 2.26 bits per heavy atom. The Morgan fingerprint density at radius 1 is 1.47 bits per heavy atom. The van der Waals surface area contributed by atoms with Gasteiger partial charge < -0.3 is 16.2 Å². The smallest absolute Gasteiger partial charge is 0.337 e. The zero-order chi connectivity index (χ0) is 13.8. The van der Waals surface area contributed by atoms with Crippen LogP contribution < -0.4 is 11.1 Å². The Morgan fingerprint density at radius 3 is 2.89 bits per heavy atom. The van der Waals surface area contributed by atoms with Gasteiger partial charge >= 0.3 is 5.97 Å². The molecule has 0 aliphatic rings. The van der Waals surface area contributed by atoms with Crippen LogP contribution in [0, 0.1) is 6.92 Å². The molecule has 0 fully saturated rings. The van der Waals surface area contributed by atoms with Crippen LogP contribution >= 0.6 is 0 Å². The number of nitrogens with two attached hydrogens (primary N) is 1. The van der Waals surface area contributed by atoms with Crippen molar-refractivity contribution < 1.29 is 9.90 Å². The molecule has 1 aromatic carbocycles. The van der Waals surface area contributed by atoms with Crippen molar-refractivity contribution in [2.45, 2.75) is 13.5 Å². The molecule has 0 amide bonds. The van der Waals surface area contributed by atoms with Gasteiger partial charge in [0.2, 0.25) is 0 Å². The molecule has 4 N–H and O–H groups in total. The molecule has 1 heterocycles. The van der Waals surface area contributed by atoms with Gasteiger partial charge in [0, 0.05) is 17.6 Å². The minimum absolute atomic E-state index is 0.0987. The molecular weight excluding hydrogens is 244 g/mol. The minimum atomic E-state index is -1.04. The van der Waals surface area contributed by atoms with E-state index in [2.05, 4.69) is 15.5 Å². The highest BCUT2D eigenvalue weighted by Crippen LogP contribution is 2.23. The zero-order valence-corrected chi connectivity index (χ0v) is 10.4. The fraction of sp³-hybridized carbons (Fsp3) is 0.154. The molecule has 98 valence electrons. The van der Waals surface area contributed by atoms with Crippen LogP contribution in [0.2, 0.25) is 0 Å². The van der Waals surface area contributed by atoms with Crippen molar-refractivity contribution in [3.8, 4) is 0 Å². The van der Waals surface area contributed by atoms with E-state index in [1.165, 1.54) is 6.07 Å². The molecule has 0 spiro atoms. The number of carboxylic acids is 1. The predicted molar refractivity (Wildman–Crippen MR) is 71.9 cm³/mol. The second-order valence-corrected chi connectivity index (χ2v) is 4.13. The molecular formula is C13H14N4O2. The van der Waals surface area contributed by atoms with Crippen molar-refractivity contribution in [1.29, 1.82) is 0 Å². The van der Waals surface area contributed by atoms with Crippen molar-refractivity contribution in [2.24, 2.45) is 0 Å². The summed E-state index contributed by atoms with van der Waals surface area (Å²) in [5, 5.41) is 19.9. The monoisotopic (exact) mass is 258 g/mol. The third kappa shape index (κ3) is 2.98. The number of nitrogens with zero attached hydrogens (tertiary/aromatic N) is 2. The predicted octanol–water partition coefficient (Wildman–Crippen LogP) is 1.68. The zero-order valence-electron chi connectivity index (χ0n) is 10.4. The number of aromatic nitrogens is 2. The van der Waals surface area contributed by atoms with Crippen molar-refractivity contribution >= 4 is 17.3 Å². The van der Waals surface area contributed by atoms with Gasteiger partial charge in [0.1, 0.15) is 0 Å². The van der Waals surface area contributed by atoms with Gasteiger partial charge in [0.05, 0.1) is 17.8 Å². The molecule has 2 rings (SSSR count). The van der Waals surface area contributed by atoms with E-state index >= 15 is 0 Å². The lowest BCUT2D eigenvalue weighted by molar-refractivity contribution is 0.0698. The molecule has 6 nitrogen and oxygen atoms in total. The third-order valence-corrected chi connectivity index (χ3v) is 2.72. The summed E-state index contributed by atoms with van der Waals surface area (Å²) in [4.78, 5) is 11.1. The van der Waals surface area contributed by atoms with Crippen LogP contribution in [0.3, 0.4) is 0 Å². The number of aromatic carboxylic acids is 1. The summed E-state index contributed by atoms with van der Waals surface area (Å²) in [5.74, 6) is -1.04. The molecule has 0 saturated heterocycles. The largest absolute Gasteiger partial charge is 0.478 e. The number of rotatable bonds is 4. The average Bonchev–Trinajstić information content (AvgIpc) is 2.41. The first-order valence-corrected chi connectivity index (χ1v) is 5.72. The maximum atomic E-state index is 11.1. The number of carboxylic acid groups (broad SMARTS) is 1. The van der Waals surface area contributed by atoms with Gasteiger partial charge in [-0.3, -0.25) is 0 Å². The van der Waals surface area contributed by atoms with Gasteiger partial charge in [0.15, 0.2) is 0 Å². The van der Waals surface area contributed by atoms with Crippen LogP contribution in [0.5, 0.6) is 0 Å². The Labute approximate surface area is 110 Å². The van der Waals surface area contributed by atoms with Crippen LogP contribution in [0.15, 0.2) is 30.5 Å². The lowest BCUT2D eigenvalue weighted by Gasteiger charge is -2.10. The van der Waals surface area contributed by atoms with E-state index in [0.29, 0.717) is 12.2 Å². The summed E-state index contributed by atoms with van der Waals surface area (Å²) in [5.41, 5.74) is 8.30. The molecule has 0 unspecified atom stereocenters. The van der Waals surface area contributed by atoms with Crippen LogP contribution in [-0.4, -0.2) is 21.3 Å². The number of aryl methyl sites for hydroxylation is 1. The summed E-state index contributed by atoms with van der Waals surface area (Å²) in [6, 6.07) is 6.95. The number of nitrogens with one attached hydrogen (secondary N) is 1. The number of hydrogen-bond donors (Lipinski definition) is 3. The summed E-state index contributed by atoms with van der Waals surface area (Å²) in [6.07, 6.45) is 1.60. The van der Waals surface area contributed by atoms with Crippen LogP contribution in [0.1, 0.15) is 21.6 Å². The fourth-order valence-electron chi connectivity index (χ4n) is 1.70. The highest BCUT2D eigenvalue weighted by Gasteiger charge is 2.11. The normalized spacial score (nSPS) is 10.2. The van der Waals surface area contributed by atoms with Crippen molar-refractivity contribution in [3.63, 3.8) is 0 Å². The van der Waals surface area contributed by atoms with Crippen molar-refractivity contribution in [3.05, 3.63) is 47.3 Å². The first kappa shape index (κ1) is 12.8. The topological polar surface area (TPSA) is 101 Å². The van der Waals surface area contributed by atoms with E-state index in [0.717, 1.165) is 11.3 Å². The Balaban J connectivity index is 2.19. The second kappa shape index (κ2) is 5.34. The van der Waals surface area contributed by atoms with E-state index in [1.807, 2.05) is 6.07 Å². The molecule has 0 aliphatic carbocycles. The molecule has 0 radical (unpaired) electrons. The number of carbonyl (C=O) groups is 1. The van der Waals surface area contributed by atoms with Gasteiger partial charge in [-0.05, 0) is 36.8 Å². The minimum Gasteiger partial charge on any atom is -0.478 e. The van der Waals surface area contributed by atoms with Crippen LogP contribution in [0.25, 0.3) is 0 Å². The standard InChI is InChI=1S/C13H14N4O2/c1-8-5-10(6-11(12(8)14)13(18)19)15-7-9-3-2-4-16-17-9/h2-6,15H,7,14H2,1H3,(H,18,19). The molecule has 6 heteroatoms. The highest BCUT2D eigenvalue weighted by molar-refractivity contribution is 5.95. The van der Waals surface area contributed by atoms with Gasteiger partial charge in [-0.25, -0.2) is 4.79 Å². The molecule has 0 atom stereocenters. The number of benzene rings is 1. The van der Waals surface area contributed by atoms with Crippen LogP contribution in [-0.2, 0) is 6.54 Å².